The number of hydrogen-bond donors (Lipinski definition) is 1. The maximum atomic E-state index is 11.7. The van der Waals surface area contributed by atoms with Crippen LogP contribution in [0.15, 0.2) is 18.2 Å². The molecule has 0 bridgehead atoms. The summed E-state index contributed by atoms with van der Waals surface area (Å²) in [7, 11) is 2.00. The summed E-state index contributed by atoms with van der Waals surface area (Å²) in [6.45, 7) is 1.93. The number of carbonyl (C=O) groups excluding carboxylic acids is 1. The zero-order chi connectivity index (χ0) is 11.5. The lowest BCUT2D eigenvalue weighted by Gasteiger charge is -2.27. The van der Waals surface area contributed by atoms with E-state index in [4.69, 9.17) is 10.5 Å². The van der Waals surface area contributed by atoms with Gasteiger partial charge in [-0.3, -0.25) is 4.79 Å². The highest BCUT2D eigenvalue weighted by Gasteiger charge is 2.16. The third-order valence-corrected chi connectivity index (χ3v) is 2.75. The van der Waals surface area contributed by atoms with Crippen molar-refractivity contribution in [2.24, 2.45) is 5.73 Å². The second kappa shape index (κ2) is 4.53. The quantitative estimate of drug-likeness (QED) is 0.773. The van der Waals surface area contributed by atoms with Crippen LogP contribution < -0.4 is 15.4 Å². The van der Waals surface area contributed by atoms with Crippen molar-refractivity contribution < 1.29 is 9.53 Å². The summed E-state index contributed by atoms with van der Waals surface area (Å²) in [5, 5.41) is 0. The molecule has 2 N–H and O–H groups in total. The lowest BCUT2D eigenvalue weighted by molar-refractivity contribution is 0.0985. The standard InChI is InChI=1S/C12H16N2O2/c1-14-6-7-16-12-3-2-9(8-10(12)14)11(15)4-5-13/h2-3,8H,4-7,13H2,1H3. The van der Waals surface area contributed by atoms with Gasteiger partial charge in [0.2, 0.25) is 0 Å². The number of anilines is 1. The van der Waals surface area contributed by atoms with Crippen molar-refractivity contribution >= 4 is 11.5 Å². The topological polar surface area (TPSA) is 55.6 Å². The first-order chi connectivity index (χ1) is 7.72. The maximum absolute atomic E-state index is 11.7. The van der Waals surface area contributed by atoms with E-state index in [1.54, 1.807) is 6.07 Å². The van der Waals surface area contributed by atoms with Crippen LogP contribution in [-0.4, -0.2) is 32.5 Å². The number of likely N-dealkylation sites (N-methyl/N-ethyl adjacent to an activating group) is 1. The van der Waals surface area contributed by atoms with Crippen molar-refractivity contribution in [3.05, 3.63) is 23.8 Å². The van der Waals surface area contributed by atoms with E-state index in [9.17, 15) is 4.79 Å². The first-order valence-corrected chi connectivity index (χ1v) is 5.43. The third kappa shape index (κ3) is 2.02. The minimum atomic E-state index is 0.0873. The molecule has 0 radical (unpaired) electrons. The fourth-order valence-electron chi connectivity index (χ4n) is 1.80. The third-order valence-electron chi connectivity index (χ3n) is 2.75. The van der Waals surface area contributed by atoms with Crippen molar-refractivity contribution in [3.8, 4) is 5.75 Å². The number of hydrogen-bond acceptors (Lipinski definition) is 4. The summed E-state index contributed by atoms with van der Waals surface area (Å²) in [6.07, 6.45) is 0.392. The monoisotopic (exact) mass is 220 g/mol. The van der Waals surface area contributed by atoms with Crippen LogP contribution in [0.4, 0.5) is 5.69 Å². The van der Waals surface area contributed by atoms with Crippen molar-refractivity contribution in [1.29, 1.82) is 0 Å². The smallest absolute Gasteiger partial charge is 0.164 e. The van der Waals surface area contributed by atoms with Crippen LogP contribution in [0.25, 0.3) is 0 Å². The van der Waals surface area contributed by atoms with E-state index in [-0.39, 0.29) is 5.78 Å². The molecule has 1 aliphatic heterocycles. The molecule has 1 heterocycles. The molecule has 4 heteroatoms. The highest BCUT2D eigenvalue weighted by atomic mass is 16.5. The Balaban J connectivity index is 2.30. The number of nitrogens with zero attached hydrogens (tertiary/aromatic N) is 1. The van der Waals surface area contributed by atoms with Gasteiger partial charge < -0.3 is 15.4 Å². The molecule has 16 heavy (non-hydrogen) atoms. The van der Waals surface area contributed by atoms with Gasteiger partial charge in [-0.2, -0.15) is 0 Å². The minimum Gasteiger partial charge on any atom is -0.490 e. The molecule has 0 fully saturated rings. The summed E-state index contributed by atoms with van der Waals surface area (Å²) >= 11 is 0. The normalized spacial score (nSPS) is 14.2. The Bertz CT molecular complexity index is 404. The van der Waals surface area contributed by atoms with Crippen LogP contribution in [0.2, 0.25) is 0 Å². The Morgan fingerprint density at radius 2 is 2.38 bits per heavy atom. The molecule has 0 saturated heterocycles. The molecule has 0 spiro atoms. The zero-order valence-electron chi connectivity index (χ0n) is 9.40. The average molecular weight is 220 g/mol. The lowest BCUT2D eigenvalue weighted by Crippen LogP contribution is -2.29. The summed E-state index contributed by atoms with van der Waals surface area (Å²) < 4.78 is 5.51. The van der Waals surface area contributed by atoms with E-state index in [1.165, 1.54) is 0 Å². The molecule has 4 nitrogen and oxygen atoms in total. The number of nitrogens with two attached hydrogens (primary N) is 1. The number of Topliss-reactive ketones (excluding diaryl/α,β-unsaturated/α-hetero) is 1. The van der Waals surface area contributed by atoms with Gasteiger partial charge in [0, 0.05) is 19.0 Å². The van der Waals surface area contributed by atoms with Gasteiger partial charge in [0.05, 0.1) is 12.2 Å². The fourth-order valence-corrected chi connectivity index (χ4v) is 1.80. The van der Waals surface area contributed by atoms with Gasteiger partial charge in [0.15, 0.2) is 5.78 Å². The van der Waals surface area contributed by atoms with Crippen LogP contribution in [0.3, 0.4) is 0 Å². The summed E-state index contributed by atoms with van der Waals surface area (Å²) in [6, 6.07) is 5.54. The van der Waals surface area contributed by atoms with Gasteiger partial charge in [-0.05, 0) is 24.7 Å². The Morgan fingerprint density at radius 1 is 1.56 bits per heavy atom. The number of carbonyl (C=O) groups is 1. The van der Waals surface area contributed by atoms with Gasteiger partial charge >= 0.3 is 0 Å². The van der Waals surface area contributed by atoms with Crippen LogP contribution in [-0.2, 0) is 0 Å². The predicted molar refractivity (Wildman–Crippen MR) is 63.2 cm³/mol. The molecule has 86 valence electrons. The van der Waals surface area contributed by atoms with Crippen molar-refractivity contribution in [2.45, 2.75) is 6.42 Å². The van der Waals surface area contributed by atoms with Crippen LogP contribution >= 0.6 is 0 Å². The highest BCUT2D eigenvalue weighted by Crippen LogP contribution is 2.31. The fraction of sp³-hybridized carbons (Fsp3) is 0.417. The van der Waals surface area contributed by atoms with Gasteiger partial charge in [-0.1, -0.05) is 0 Å². The second-order valence-corrected chi connectivity index (χ2v) is 3.91. The van der Waals surface area contributed by atoms with Gasteiger partial charge in [0.1, 0.15) is 12.4 Å². The second-order valence-electron chi connectivity index (χ2n) is 3.91. The lowest BCUT2D eigenvalue weighted by atomic mass is 10.1. The van der Waals surface area contributed by atoms with Crippen molar-refractivity contribution in [2.75, 3.05) is 31.6 Å². The van der Waals surface area contributed by atoms with Crippen molar-refractivity contribution in [1.82, 2.24) is 0 Å². The number of ether oxygens (including phenoxy) is 1. The van der Waals surface area contributed by atoms with E-state index in [2.05, 4.69) is 4.90 Å². The van der Waals surface area contributed by atoms with Crippen LogP contribution in [0, 0.1) is 0 Å². The summed E-state index contributed by atoms with van der Waals surface area (Å²) in [5.74, 6) is 0.933. The molecule has 0 saturated carbocycles. The molecular formula is C12H16N2O2. The Hall–Kier alpha value is -1.55. The van der Waals surface area contributed by atoms with E-state index in [0.29, 0.717) is 25.1 Å². The first kappa shape index (κ1) is 11.0. The minimum absolute atomic E-state index is 0.0873. The largest absolute Gasteiger partial charge is 0.490 e. The molecule has 1 aliphatic rings. The molecule has 2 rings (SSSR count). The zero-order valence-corrected chi connectivity index (χ0v) is 9.40. The number of fused-ring (bicyclic) bond motifs is 1. The van der Waals surface area contributed by atoms with Crippen LogP contribution in [0.1, 0.15) is 16.8 Å². The molecule has 0 atom stereocenters. The van der Waals surface area contributed by atoms with Gasteiger partial charge in [0.25, 0.3) is 0 Å². The summed E-state index contributed by atoms with van der Waals surface area (Å²) in [4.78, 5) is 13.8. The van der Waals surface area contributed by atoms with Crippen LogP contribution in [0.5, 0.6) is 5.75 Å². The van der Waals surface area contributed by atoms with E-state index < -0.39 is 0 Å². The molecular weight excluding hydrogens is 204 g/mol. The first-order valence-electron chi connectivity index (χ1n) is 5.43. The molecule has 1 aromatic carbocycles. The molecule has 1 aromatic rings. The molecule has 0 aromatic heterocycles. The number of rotatable bonds is 3. The Labute approximate surface area is 95.0 Å². The van der Waals surface area contributed by atoms with Gasteiger partial charge in [-0.15, -0.1) is 0 Å². The number of benzene rings is 1. The maximum Gasteiger partial charge on any atom is 0.164 e. The number of ketones is 1. The average Bonchev–Trinajstić information content (AvgIpc) is 2.29. The highest BCUT2D eigenvalue weighted by molar-refractivity contribution is 5.97. The molecule has 0 aliphatic carbocycles. The van der Waals surface area contributed by atoms with E-state index in [0.717, 1.165) is 18.0 Å². The summed E-state index contributed by atoms with van der Waals surface area (Å²) in [5.41, 5.74) is 7.07. The van der Waals surface area contributed by atoms with E-state index in [1.807, 2.05) is 19.2 Å². The van der Waals surface area contributed by atoms with Crippen molar-refractivity contribution in [3.63, 3.8) is 0 Å². The van der Waals surface area contributed by atoms with Gasteiger partial charge in [-0.25, -0.2) is 0 Å². The Morgan fingerprint density at radius 3 is 3.12 bits per heavy atom. The molecule has 0 amide bonds. The molecule has 0 unspecified atom stereocenters. The Kier molecular flexibility index (Phi) is 3.10. The van der Waals surface area contributed by atoms with E-state index >= 15 is 0 Å². The SMILES string of the molecule is CN1CCOc2ccc(C(=O)CCN)cc21. The predicted octanol–water partition coefficient (Wildman–Crippen LogP) is 1.05.